The molecule has 0 bridgehead atoms. The normalized spacial score (nSPS) is 14.6. The predicted octanol–water partition coefficient (Wildman–Crippen LogP) is 1.34. The zero-order chi connectivity index (χ0) is 25.0. The summed E-state index contributed by atoms with van der Waals surface area (Å²) in [4.78, 5) is 25.7. The molecule has 1 heterocycles. The number of hydrogen-bond donors (Lipinski definition) is 3. The van der Waals surface area contributed by atoms with Crippen molar-refractivity contribution in [2.24, 2.45) is 0 Å². The van der Waals surface area contributed by atoms with Gasteiger partial charge in [0.05, 0.1) is 0 Å². The summed E-state index contributed by atoms with van der Waals surface area (Å²) >= 11 is -0.341. The van der Waals surface area contributed by atoms with E-state index in [1.54, 1.807) is 48.5 Å². The number of carbonyl (C=O) groups is 2. The second kappa shape index (κ2) is 10.7. The van der Waals surface area contributed by atoms with Crippen molar-refractivity contribution >= 4 is 28.9 Å². The molecule has 0 radical (unpaired) electrons. The first-order valence-electron chi connectivity index (χ1n) is 11.1. The van der Waals surface area contributed by atoms with Gasteiger partial charge < -0.3 is 5.73 Å². The Balaban J connectivity index is 1.42. The summed E-state index contributed by atoms with van der Waals surface area (Å²) in [5, 5.41) is 5.79. The second-order valence-corrected chi connectivity index (χ2v) is 11.0. The predicted molar refractivity (Wildman–Crippen MR) is 131 cm³/mol. The van der Waals surface area contributed by atoms with Gasteiger partial charge in [-0.25, -0.2) is 4.39 Å². The summed E-state index contributed by atoms with van der Waals surface area (Å²) in [7, 11) is 0. The molecule has 3 aromatic rings. The number of halogens is 2. The molecule has 0 unspecified atom stereocenters. The third-order valence-electron chi connectivity index (χ3n) is 5.75. The number of nitrogens with zero attached hydrogens (tertiary/aromatic N) is 1. The van der Waals surface area contributed by atoms with E-state index in [2.05, 4.69) is 13.7 Å². The van der Waals surface area contributed by atoms with Gasteiger partial charge in [-0.15, -0.1) is 0 Å². The molecule has 7 nitrogen and oxygen atoms in total. The number of carbonyl (C=O) groups excluding carboxylic acids is 2. The molecule has 0 spiro atoms. The molecule has 0 aromatic heterocycles. The quantitative estimate of drug-likeness (QED) is 0.175. The van der Waals surface area contributed by atoms with Crippen LogP contribution in [0.1, 0.15) is 24.2 Å². The van der Waals surface area contributed by atoms with Gasteiger partial charge in [-0.2, -0.15) is 0 Å². The molecule has 0 aliphatic carbocycles. The summed E-state index contributed by atoms with van der Waals surface area (Å²) in [6.45, 7) is 5.22. The van der Waals surface area contributed by atoms with Crippen molar-refractivity contribution in [3.63, 3.8) is 0 Å². The van der Waals surface area contributed by atoms with E-state index in [1.165, 1.54) is 12.1 Å². The number of nitrogens with one attached hydrogen (secondary N) is 2. The summed E-state index contributed by atoms with van der Waals surface area (Å²) < 4.78 is 21.6. The van der Waals surface area contributed by atoms with Gasteiger partial charge in [0.25, 0.3) is 0 Å². The Morgan fingerprint density at radius 2 is 1.69 bits per heavy atom. The fraction of sp³-hybridized carbons (Fsp3) is 0.231. The van der Waals surface area contributed by atoms with E-state index in [0.29, 0.717) is 29.2 Å². The van der Waals surface area contributed by atoms with Crippen LogP contribution in [0.3, 0.4) is 0 Å². The Labute approximate surface area is 214 Å². The third-order valence-corrected chi connectivity index (χ3v) is 8.98. The van der Waals surface area contributed by atoms with Crippen LogP contribution < -0.4 is 37.8 Å². The van der Waals surface area contributed by atoms with Gasteiger partial charge in [-0.1, -0.05) is 18.2 Å². The number of anilines is 3. The van der Waals surface area contributed by atoms with Crippen molar-refractivity contribution in [2.75, 3.05) is 34.1 Å². The van der Waals surface area contributed by atoms with E-state index in [0.717, 1.165) is 22.3 Å². The van der Waals surface area contributed by atoms with Gasteiger partial charge in [0.1, 0.15) is 5.82 Å². The SMILES string of the molecule is CC(C)(C(=O)Nc1ccc(C(=O)Nc2cc(-c3ccc(F)cc3)ccc2N)cc1)N1CCOC[I-]1. The molecule has 4 rings (SSSR count). The maximum absolute atomic E-state index is 13.2. The van der Waals surface area contributed by atoms with Crippen molar-refractivity contribution in [2.45, 2.75) is 19.4 Å². The van der Waals surface area contributed by atoms with Gasteiger partial charge in [0.15, 0.2) is 0 Å². The first-order chi connectivity index (χ1) is 16.7. The Morgan fingerprint density at radius 3 is 2.34 bits per heavy atom. The van der Waals surface area contributed by atoms with Crippen LogP contribution in [0.5, 0.6) is 0 Å². The Bertz CT molecular complexity index is 1210. The number of benzene rings is 3. The molecular formula is C26H27FIN4O3-. The first kappa shape index (κ1) is 25.1. The molecular weight excluding hydrogens is 562 g/mol. The number of ether oxygens (including phenoxy) is 1. The van der Waals surface area contributed by atoms with Crippen molar-refractivity contribution in [3.8, 4) is 11.1 Å². The van der Waals surface area contributed by atoms with Gasteiger partial charge in [-0.05, 0) is 29.3 Å². The van der Waals surface area contributed by atoms with E-state index < -0.39 is 5.54 Å². The van der Waals surface area contributed by atoms with E-state index >= 15 is 0 Å². The summed E-state index contributed by atoms with van der Waals surface area (Å²) in [6.07, 6.45) is 0. The molecule has 1 fully saturated rings. The molecule has 0 atom stereocenters. The van der Waals surface area contributed by atoms with E-state index in [1.807, 2.05) is 19.9 Å². The number of rotatable bonds is 6. The fourth-order valence-corrected chi connectivity index (χ4v) is 6.02. The van der Waals surface area contributed by atoms with Gasteiger partial charge >= 0.3 is 151 Å². The van der Waals surface area contributed by atoms with Crippen LogP contribution in [0.25, 0.3) is 11.1 Å². The number of nitrogen functional groups attached to an aromatic ring is 1. The van der Waals surface area contributed by atoms with Crippen molar-refractivity contribution < 1.29 is 40.2 Å². The monoisotopic (exact) mass is 589 g/mol. The van der Waals surface area contributed by atoms with Gasteiger partial charge in [0, 0.05) is 0 Å². The van der Waals surface area contributed by atoms with Crippen LogP contribution in [0, 0.1) is 5.82 Å². The topological polar surface area (TPSA) is 96.7 Å². The number of alkyl halides is 1. The van der Waals surface area contributed by atoms with E-state index in [-0.39, 0.29) is 39.1 Å². The minimum absolute atomic E-state index is 0.0957. The zero-order valence-corrected chi connectivity index (χ0v) is 21.6. The molecule has 184 valence electrons. The zero-order valence-electron chi connectivity index (χ0n) is 19.5. The molecule has 35 heavy (non-hydrogen) atoms. The minimum atomic E-state index is -0.639. The molecule has 4 N–H and O–H groups in total. The fourth-order valence-electron chi connectivity index (χ4n) is 3.56. The van der Waals surface area contributed by atoms with Crippen LogP contribution in [0.15, 0.2) is 66.7 Å². The Morgan fingerprint density at radius 1 is 1.00 bits per heavy atom. The number of nitrogens with two attached hydrogens (primary N) is 1. The van der Waals surface area contributed by atoms with Crippen LogP contribution in [-0.4, -0.2) is 38.2 Å². The van der Waals surface area contributed by atoms with Crippen LogP contribution >= 0.6 is 0 Å². The summed E-state index contributed by atoms with van der Waals surface area (Å²) in [5.41, 5.74) is 8.96. The van der Waals surface area contributed by atoms with Crippen molar-refractivity contribution in [3.05, 3.63) is 78.1 Å². The second-order valence-electron chi connectivity index (χ2n) is 8.58. The van der Waals surface area contributed by atoms with E-state index in [4.69, 9.17) is 10.5 Å². The molecule has 1 aliphatic heterocycles. The maximum atomic E-state index is 13.2. The average Bonchev–Trinajstić information content (AvgIpc) is 2.87. The molecule has 1 aliphatic rings. The summed E-state index contributed by atoms with van der Waals surface area (Å²) in [5.74, 6) is -0.741. The van der Waals surface area contributed by atoms with Crippen LogP contribution in [0.4, 0.5) is 21.5 Å². The number of amides is 2. The Kier molecular flexibility index (Phi) is 7.68. The summed E-state index contributed by atoms with van der Waals surface area (Å²) in [6, 6.07) is 18.1. The van der Waals surface area contributed by atoms with Crippen molar-refractivity contribution in [1.82, 2.24) is 3.11 Å². The van der Waals surface area contributed by atoms with E-state index in [9.17, 15) is 14.0 Å². The molecule has 2 amide bonds. The molecule has 0 saturated carbocycles. The molecule has 9 heteroatoms. The molecule has 1 saturated heterocycles. The van der Waals surface area contributed by atoms with Gasteiger partial charge in [-0.3, -0.25) is 0 Å². The Hall–Kier alpha value is -3.02. The number of hydrogen-bond acceptors (Lipinski definition) is 5. The molecule has 3 aromatic carbocycles. The average molecular weight is 589 g/mol. The van der Waals surface area contributed by atoms with Crippen LogP contribution in [0.2, 0.25) is 0 Å². The standard InChI is InChI=1S/C26H27FIN4O3/c1-26(2,32-13-14-35-16-28-32)25(34)30-21-10-5-18(6-11-21)24(33)31-23-15-19(7-12-22(23)29)17-3-8-20(27)9-4-17/h3-12,15H,13-14,16,29H2,1-2H3,(H,30,34)(H,31,33)/q-1. The van der Waals surface area contributed by atoms with Crippen LogP contribution in [-0.2, 0) is 9.53 Å². The van der Waals surface area contributed by atoms with Crippen molar-refractivity contribution in [1.29, 1.82) is 0 Å². The first-order valence-corrected chi connectivity index (χ1v) is 13.6. The van der Waals surface area contributed by atoms with Gasteiger partial charge in [0.2, 0.25) is 0 Å². The third kappa shape index (κ3) is 5.98.